The quantitative estimate of drug-likeness (QED) is 0.865. The van der Waals surface area contributed by atoms with Gasteiger partial charge in [0.05, 0.1) is 18.7 Å². The van der Waals surface area contributed by atoms with E-state index in [0.717, 1.165) is 22.4 Å². The largest absolute Gasteiger partial charge is 0.486 e. The summed E-state index contributed by atoms with van der Waals surface area (Å²) in [5.41, 5.74) is 3.10. The number of benzene rings is 2. The fraction of sp³-hybridized carbons (Fsp3) is 0.316. The Labute approximate surface area is 135 Å². The number of halogens is 1. The predicted octanol–water partition coefficient (Wildman–Crippen LogP) is 3.65. The van der Waals surface area contributed by atoms with E-state index >= 15 is 0 Å². The number of rotatable bonds is 3. The second-order valence-electron chi connectivity index (χ2n) is 6.15. The van der Waals surface area contributed by atoms with Gasteiger partial charge in [0.2, 0.25) is 0 Å². The molecule has 0 aromatic heterocycles. The first-order valence-corrected chi connectivity index (χ1v) is 7.74. The van der Waals surface area contributed by atoms with Crippen molar-refractivity contribution in [2.24, 2.45) is 0 Å². The lowest BCUT2D eigenvalue weighted by Crippen LogP contribution is -2.56. The molecule has 0 radical (unpaired) electrons. The van der Waals surface area contributed by atoms with E-state index in [0.29, 0.717) is 13.1 Å². The van der Waals surface area contributed by atoms with Crippen LogP contribution in [0.15, 0.2) is 36.4 Å². The zero-order valence-electron chi connectivity index (χ0n) is 13.6. The monoisotopic (exact) mass is 313 g/mol. The highest BCUT2D eigenvalue weighted by atomic mass is 19.1. The Morgan fingerprint density at radius 1 is 1.13 bits per heavy atom. The Kier molecular flexibility index (Phi) is 4.07. The van der Waals surface area contributed by atoms with Gasteiger partial charge in [0, 0.05) is 0 Å². The molecule has 3 rings (SSSR count). The van der Waals surface area contributed by atoms with Crippen molar-refractivity contribution >= 4 is 5.91 Å². The number of carbonyl (C=O) groups is 1. The second-order valence-corrected chi connectivity index (χ2v) is 6.15. The Morgan fingerprint density at radius 3 is 2.39 bits per heavy atom. The molecule has 4 heteroatoms. The fourth-order valence-corrected chi connectivity index (χ4v) is 2.79. The van der Waals surface area contributed by atoms with Gasteiger partial charge in [-0.2, -0.15) is 0 Å². The fourth-order valence-electron chi connectivity index (χ4n) is 2.79. The van der Waals surface area contributed by atoms with Crippen LogP contribution in [0.2, 0.25) is 0 Å². The van der Waals surface area contributed by atoms with E-state index in [9.17, 15) is 9.18 Å². The van der Waals surface area contributed by atoms with E-state index in [1.165, 1.54) is 6.07 Å². The van der Waals surface area contributed by atoms with E-state index in [2.05, 4.69) is 0 Å². The summed E-state index contributed by atoms with van der Waals surface area (Å²) in [4.78, 5) is 13.9. The van der Waals surface area contributed by atoms with Crippen LogP contribution in [0.4, 0.5) is 4.39 Å². The average Bonchev–Trinajstić information content (AvgIpc) is 2.44. The molecule has 2 aromatic carbocycles. The highest BCUT2D eigenvalue weighted by molar-refractivity contribution is 5.95. The minimum Gasteiger partial charge on any atom is -0.486 e. The van der Waals surface area contributed by atoms with Crippen LogP contribution in [0.25, 0.3) is 0 Å². The number of ether oxygens (including phenoxy) is 1. The third kappa shape index (κ3) is 3.07. The standard InChI is InChI=1S/C19H20FNO2/c1-12-7-8-16(17(20)9-12)19(22)21-10-15(11-21)23-18-13(2)5-4-6-14(18)3/h4-9,15H,10-11H2,1-3H3. The molecule has 1 aliphatic heterocycles. The number of amides is 1. The lowest BCUT2D eigenvalue weighted by molar-refractivity contribution is 0.0169. The molecule has 0 aliphatic carbocycles. The molecule has 1 aliphatic rings. The molecule has 3 nitrogen and oxygen atoms in total. The van der Waals surface area contributed by atoms with Gasteiger partial charge >= 0.3 is 0 Å². The summed E-state index contributed by atoms with van der Waals surface area (Å²) in [6, 6.07) is 10.7. The lowest BCUT2D eigenvalue weighted by atomic mass is 10.1. The maximum atomic E-state index is 13.9. The molecule has 0 atom stereocenters. The van der Waals surface area contributed by atoms with Crippen molar-refractivity contribution in [2.45, 2.75) is 26.9 Å². The van der Waals surface area contributed by atoms with Crippen molar-refractivity contribution in [3.05, 3.63) is 64.5 Å². The number of hydrogen-bond donors (Lipinski definition) is 0. The van der Waals surface area contributed by atoms with Gasteiger partial charge in [-0.25, -0.2) is 4.39 Å². The molecule has 0 saturated carbocycles. The molecule has 2 aromatic rings. The van der Waals surface area contributed by atoms with Crippen molar-refractivity contribution in [3.8, 4) is 5.75 Å². The first kappa shape index (κ1) is 15.5. The van der Waals surface area contributed by atoms with Crippen LogP contribution < -0.4 is 4.74 Å². The second kappa shape index (κ2) is 6.03. The van der Waals surface area contributed by atoms with Crippen LogP contribution in [-0.4, -0.2) is 30.0 Å². The van der Waals surface area contributed by atoms with Crippen LogP contribution in [0.1, 0.15) is 27.0 Å². The lowest BCUT2D eigenvalue weighted by Gasteiger charge is -2.39. The Balaban J connectivity index is 1.64. The highest BCUT2D eigenvalue weighted by Crippen LogP contribution is 2.27. The van der Waals surface area contributed by atoms with Crippen LogP contribution in [0, 0.1) is 26.6 Å². The smallest absolute Gasteiger partial charge is 0.257 e. The number of aryl methyl sites for hydroxylation is 3. The van der Waals surface area contributed by atoms with E-state index in [1.54, 1.807) is 24.0 Å². The molecule has 0 bridgehead atoms. The molecule has 0 spiro atoms. The summed E-state index contributed by atoms with van der Waals surface area (Å²) < 4.78 is 19.9. The Bertz CT molecular complexity index is 731. The van der Waals surface area contributed by atoms with Gasteiger partial charge in [-0.05, 0) is 49.6 Å². The summed E-state index contributed by atoms with van der Waals surface area (Å²) in [6.45, 7) is 6.78. The SMILES string of the molecule is Cc1ccc(C(=O)N2CC(Oc3c(C)cccc3C)C2)c(F)c1. The summed E-state index contributed by atoms with van der Waals surface area (Å²) in [6.07, 6.45) is -0.0349. The van der Waals surface area contributed by atoms with E-state index in [1.807, 2.05) is 32.0 Å². The summed E-state index contributed by atoms with van der Waals surface area (Å²) >= 11 is 0. The van der Waals surface area contributed by atoms with Gasteiger partial charge < -0.3 is 9.64 Å². The van der Waals surface area contributed by atoms with Crippen molar-refractivity contribution in [1.82, 2.24) is 4.90 Å². The molecular formula is C19H20FNO2. The van der Waals surface area contributed by atoms with Gasteiger partial charge in [0.15, 0.2) is 0 Å². The van der Waals surface area contributed by atoms with Crippen LogP contribution in [0.5, 0.6) is 5.75 Å². The molecule has 1 saturated heterocycles. The van der Waals surface area contributed by atoms with Gasteiger partial charge in [-0.15, -0.1) is 0 Å². The summed E-state index contributed by atoms with van der Waals surface area (Å²) in [5, 5.41) is 0. The molecule has 0 unspecified atom stereocenters. The predicted molar refractivity (Wildman–Crippen MR) is 87.4 cm³/mol. The Hall–Kier alpha value is -2.36. The minimum absolute atomic E-state index is 0.0349. The molecule has 1 fully saturated rings. The highest BCUT2D eigenvalue weighted by Gasteiger charge is 2.34. The molecular weight excluding hydrogens is 293 g/mol. The molecule has 0 N–H and O–H groups in total. The van der Waals surface area contributed by atoms with Gasteiger partial charge in [-0.1, -0.05) is 24.3 Å². The van der Waals surface area contributed by atoms with E-state index < -0.39 is 5.82 Å². The van der Waals surface area contributed by atoms with E-state index in [-0.39, 0.29) is 17.6 Å². The molecule has 1 amide bonds. The van der Waals surface area contributed by atoms with Crippen LogP contribution in [0.3, 0.4) is 0 Å². The normalized spacial score (nSPS) is 14.5. The first-order valence-electron chi connectivity index (χ1n) is 7.74. The zero-order chi connectivity index (χ0) is 16.6. The maximum absolute atomic E-state index is 13.9. The number of hydrogen-bond acceptors (Lipinski definition) is 2. The molecule has 120 valence electrons. The van der Waals surface area contributed by atoms with Crippen LogP contribution >= 0.6 is 0 Å². The van der Waals surface area contributed by atoms with Crippen molar-refractivity contribution in [2.75, 3.05) is 13.1 Å². The van der Waals surface area contributed by atoms with Gasteiger partial charge in [0.1, 0.15) is 17.7 Å². The summed E-state index contributed by atoms with van der Waals surface area (Å²) in [7, 11) is 0. The minimum atomic E-state index is -0.464. The van der Waals surface area contributed by atoms with Gasteiger partial charge in [-0.3, -0.25) is 4.79 Å². The number of likely N-dealkylation sites (tertiary alicyclic amines) is 1. The topological polar surface area (TPSA) is 29.5 Å². The third-order valence-electron chi connectivity index (χ3n) is 4.18. The van der Waals surface area contributed by atoms with E-state index in [4.69, 9.17) is 4.74 Å². The van der Waals surface area contributed by atoms with Crippen molar-refractivity contribution in [3.63, 3.8) is 0 Å². The molecule has 1 heterocycles. The van der Waals surface area contributed by atoms with Crippen LogP contribution in [-0.2, 0) is 0 Å². The maximum Gasteiger partial charge on any atom is 0.257 e. The Morgan fingerprint density at radius 2 is 1.78 bits per heavy atom. The van der Waals surface area contributed by atoms with Gasteiger partial charge in [0.25, 0.3) is 5.91 Å². The van der Waals surface area contributed by atoms with Crippen molar-refractivity contribution < 1.29 is 13.9 Å². The number of nitrogens with zero attached hydrogens (tertiary/aromatic N) is 1. The molecule has 23 heavy (non-hydrogen) atoms. The summed E-state index contributed by atoms with van der Waals surface area (Å²) in [5.74, 6) is 0.143. The number of carbonyl (C=O) groups excluding carboxylic acids is 1. The average molecular weight is 313 g/mol. The first-order chi connectivity index (χ1) is 11.0. The zero-order valence-corrected chi connectivity index (χ0v) is 13.6. The number of para-hydroxylation sites is 1. The van der Waals surface area contributed by atoms with Crippen molar-refractivity contribution in [1.29, 1.82) is 0 Å². The third-order valence-corrected chi connectivity index (χ3v) is 4.18.